The number of aliphatic hydroxyl groups is 2. The van der Waals surface area contributed by atoms with E-state index in [4.69, 9.17) is 11.1 Å². The molecule has 15 heavy (non-hydrogen) atoms. The Kier molecular flexibility index (Phi) is 4.26. The van der Waals surface area contributed by atoms with Crippen LogP contribution in [-0.4, -0.2) is 27.5 Å². The van der Waals surface area contributed by atoms with Gasteiger partial charge in [0.2, 0.25) is 0 Å². The number of rotatable bonds is 4. The van der Waals surface area contributed by atoms with Gasteiger partial charge < -0.3 is 15.9 Å². The number of halogens is 1. The van der Waals surface area contributed by atoms with E-state index in [-0.39, 0.29) is 5.84 Å². The maximum absolute atomic E-state index is 9.70. The predicted octanol–water partition coefficient (Wildman–Crippen LogP) is 0.760. The molecule has 0 amide bonds. The molecule has 0 aliphatic carbocycles. The number of alkyl halides is 1. The number of benzene rings is 1. The molecule has 5 N–H and O–H groups in total. The first-order valence-electron chi connectivity index (χ1n) is 4.42. The van der Waals surface area contributed by atoms with Crippen molar-refractivity contribution < 1.29 is 10.2 Å². The van der Waals surface area contributed by atoms with E-state index >= 15 is 0 Å². The summed E-state index contributed by atoms with van der Waals surface area (Å²) in [6.07, 6.45) is -1.84. The smallest absolute Gasteiger partial charge is 0.122 e. The SMILES string of the molecule is N=C(N)c1cccc(C(O)C(O)CBr)c1. The summed E-state index contributed by atoms with van der Waals surface area (Å²) in [7, 11) is 0. The molecule has 0 aliphatic rings. The minimum atomic E-state index is -0.969. The number of amidine groups is 1. The Morgan fingerprint density at radius 1 is 1.47 bits per heavy atom. The third-order valence-electron chi connectivity index (χ3n) is 2.06. The Balaban J connectivity index is 2.94. The molecule has 0 saturated heterocycles. The summed E-state index contributed by atoms with van der Waals surface area (Å²) in [6, 6.07) is 6.65. The van der Waals surface area contributed by atoms with Crippen LogP contribution in [-0.2, 0) is 0 Å². The van der Waals surface area contributed by atoms with Crippen molar-refractivity contribution in [2.45, 2.75) is 12.2 Å². The fourth-order valence-corrected chi connectivity index (χ4v) is 1.55. The number of hydrogen-bond donors (Lipinski definition) is 4. The number of nitrogen functional groups attached to an aromatic ring is 1. The average molecular weight is 273 g/mol. The highest BCUT2D eigenvalue weighted by Crippen LogP contribution is 2.19. The lowest BCUT2D eigenvalue weighted by Crippen LogP contribution is -2.20. The summed E-state index contributed by atoms with van der Waals surface area (Å²) in [6.45, 7) is 0. The zero-order valence-electron chi connectivity index (χ0n) is 8.02. The van der Waals surface area contributed by atoms with Crippen LogP contribution in [0.5, 0.6) is 0 Å². The summed E-state index contributed by atoms with van der Waals surface area (Å²) in [4.78, 5) is 0. The minimum Gasteiger partial charge on any atom is -0.389 e. The number of nitrogens with one attached hydrogen (secondary N) is 1. The van der Waals surface area contributed by atoms with Crippen LogP contribution in [0.25, 0.3) is 0 Å². The molecule has 2 unspecified atom stereocenters. The molecular weight excluding hydrogens is 260 g/mol. The Labute approximate surface area is 96.4 Å². The van der Waals surface area contributed by atoms with Crippen molar-refractivity contribution in [2.24, 2.45) is 5.73 Å². The van der Waals surface area contributed by atoms with E-state index in [0.29, 0.717) is 16.5 Å². The molecule has 0 aromatic heterocycles. The summed E-state index contributed by atoms with van der Waals surface area (Å²) in [5.74, 6) is -0.0580. The zero-order valence-corrected chi connectivity index (χ0v) is 9.61. The maximum Gasteiger partial charge on any atom is 0.122 e. The van der Waals surface area contributed by atoms with Gasteiger partial charge >= 0.3 is 0 Å². The lowest BCUT2D eigenvalue weighted by atomic mass is 10.0. The highest BCUT2D eigenvalue weighted by molar-refractivity contribution is 9.09. The molecule has 1 rings (SSSR count). The fraction of sp³-hybridized carbons (Fsp3) is 0.300. The molecule has 1 aromatic rings. The predicted molar refractivity (Wildman–Crippen MR) is 62.2 cm³/mol. The van der Waals surface area contributed by atoms with Crippen LogP contribution in [0.2, 0.25) is 0 Å². The second kappa shape index (κ2) is 5.25. The van der Waals surface area contributed by atoms with Crippen LogP contribution in [0, 0.1) is 5.41 Å². The molecule has 0 radical (unpaired) electrons. The van der Waals surface area contributed by atoms with Gasteiger partial charge in [0.25, 0.3) is 0 Å². The zero-order chi connectivity index (χ0) is 11.4. The summed E-state index contributed by atoms with van der Waals surface area (Å²) >= 11 is 3.08. The Bertz CT molecular complexity index is 357. The molecule has 0 aliphatic heterocycles. The molecule has 0 spiro atoms. The van der Waals surface area contributed by atoms with E-state index in [9.17, 15) is 10.2 Å². The van der Waals surface area contributed by atoms with Crippen molar-refractivity contribution in [3.8, 4) is 0 Å². The van der Waals surface area contributed by atoms with E-state index in [1.54, 1.807) is 24.3 Å². The second-order valence-corrected chi connectivity index (χ2v) is 3.85. The van der Waals surface area contributed by atoms with Crippen LogP contribution in [0.4, 0.5) is 0 Å². The van der Waals surface area contributed by atoms with Gasteiger partial charge in [0, 0.05) is 10.9 Å². The van der Waals surface area contributed by atoms with Crippen LogP contribution in [0.15, 0.2) is 24.3 Å². The summed E-state index contributed by atoms with van der Waals surface area (Å²) in [5, 5.41) is 26.7. The van der Waals surface area contributed by atoms with Gasteiger partial charge in [-0.25, -0.2) is 0 Å². The third kappa shape index (κ3) is 3.02. The topological polar surface area (TPSA) is 90.3 Å². The van der Waals surface area contributed by atoms with Gasteiger partial charge in [0.05, 0.1) is 6.10 Å². The van der Waals surface area contributed by atoms with Gasteiger partial charge in [0.15, 0.2) is 0 Å². The molecule has 0 heterocycles. The molecular formula is C10H13BrN2O2. The van der Waals surface area contributed by atoms with Gasteiger partial charge in [0.1, 0.15) is 11.9 Å². The average Bonchev–Trinajstić information content (AvgIpc) is 2.27. The van der Waals surface area contributed by atoms with Gasteiger partial charge in [-0.05, 0) is 11.6 Å². The lowest BCUT2D eigenvalue weighted by Gasteiger charge is -2.16. The molecule has 0 bridgehead atoms. The van der Waals surface area contributed by atoms with Crippen LogP contribution < -0.4 is 5.73 Å². The first-order chi connectivity index (χ1) is 7.06. The molecule has 2 atom stereocenters. The second-order valence-electron chi connectivity index (χ2n) is 3.21. The third-order valence-corrected chi connectivity index (χ3v) is 2.73. The van der Waals surface area contributed by atoms with Gasteiger partial charge in [-0.1, -0.05) is 34.1 Å². The normalized spacial score (nSPS) is 14.6. The largest absolute Gasteiger partial charge is 0.389 e. The monoisotopic (exact) mass is 272 g/mol. The fourth-order valence-electron chi connectivity index (χ4n) is 1.20. The standard InChI is InChI=1S/C10H13BrN2O2/c11-5-8(14)9(15)6-2-1-3-7(4-6)10(12)13/h1-4,8-9,14-15H,5H2,(H3,12,13). The molecule has 0 fully saturated rings. The minimum absolute atomic E-state index is 0.0580. The highest BCUT2D eigenvalue weighted by Gasteiger charge is 2.17. The Hall–Kier alpha value is -0.910. The van der Waals surface area contributed by atoms with Gasteiger partial charge in [-0.15, -0.1) is 0 Å². The highest BCUT2D eigenvalue weighted by atomic mass is 79.9. The van der Waals surface area contributed by atoms with Crippen LogP contribution in [0.1, 0.15) is 17.2 Å². The number of hydrogen-bond acceptors (Lipinski definition) is 3. The van der Waals surface area contributed by atoms with Crippen molar-refractivity contribution >= 4 is 21.8 Å². The molecule has 5 heteroatoms. The van der Waals surface area contributed by atoms with E-state index in [0.717, 1.165) is 0 Å². The Morgan fingerprint density at radius 3 is 2.67 bits per heavy atom. The van der Waals surface area contributed by atoms with Crippen molar-refractivity contribution in [1.82, 2.24) is 0 Å². The number of nitrogens with two attached hydrogens (primary N) is 1. The molecule has 82 valence electrons. The first kappa shape index (κ1) is 12.2. The summed E-state index contributed by atoms with van der Waals surface area (Å²) in [5.41, 5.74) is 6.41. The Morgan fingerprint density at radius 2 is 2.13 bits per heavy atom. The van der Waals surface area contributed by atoms with Gasteiger partial charge in [-0.2, -0.15) is 0 Å². The molecule has 4 nitrogen and oxygen atoms in total. The lowest BCUT2D eigenvalue weighted by molar-refractivity contribution is 0.0343. The van der Waals surface area contributed by atoms with Crippen molar-refractivity contribution in [2.75, 3.05) is 5.33 Å². The number of aliphatic hydroxyl groups excluding tert-OH is 2. The first-order valence-corrected chi connectivity index (χ1v) is 5.55. The van der Waals surface area contributed by atoms with Crippen LogP contribution in [0.3, 0.4) is 0 Å². The van der Waals surface area contributed by atoms with E-state index < -0.39 is 12.2 Å². The van der Waals surface area contributed by atoms with Gasteiger partial charge in [-0.3, -0.25) is 5.41 Å². The van der Waals surface area contributed by atoms with Crippen molar-refractivity contribution in [3.63, 3.8) is 0 Å². The maximum atomic E-state index is 9.70. The van der Waals surface area contributed by atoms with Crippen LogP contribution >= 0.6 is 15.9 Å². The van der Waals surface area contributed by atoms with Crippen molar-refractivity contribution in [1.29, 1.82) is 5.41 Å². The van der Waals surface area contributed by atoms with E-state index in [1.165, 1.54) is 0 Å². The van der Waals surface area contributed by atoms with E-state index in [2.05, 4.69) is 15.9 Å². The van der Waals surface area contributed by atoms with Crippen molar-refractivity contribution in [3.05, 3.63) is 35.4 Å². The quantitative estimate of drug-likeness (QED) is 0.371. The molecule has 0 saturated carbocycles. The summed E-state index contributed by atoms with van der Waals surface area (Å²) < 4.78 is 0. The van der Waals surface area contributed by atoms with E-state index in [1.807, 2.05) is 0 Å². The molecule has 1 aromatic carbocycles.